The number of ether oxygens (including phenoxy) is 3. The van der Waals surface area contributed by atoms with Gasteiger partial charge in [0.25, 0.3) is 0 Å². The number of amides is 1. The van der Waals surface area contributed by atoms with Crippen molar-refractivity contribution in [1.29, 1.82) is 0 Å². The second-order valence-corrected chi connectivity index (χ2v) is 19.2. The maximum atomic E-state index is 13.7. The molecule has 1 aliphatic rings. The Balaban J connectivity index is 2.93. The Kier molecular flexibility index (Phi) is 36.3. The molecular formula is C48H92NO13P. The number of hydrogen-bond donors (Lipinski definition) is 6. The highest BCUT2D eigenvalue weighted by atomic mass is 31.2. The van der Waals surface area contributed by atoms with Crippen LogP contribution in [0.15, 0.2) is 0 Å². The maximum absolute atomic E-state index is 13.7. The van der Waals surface area contributed by atoms with Crippen molar-refractivity contribution in [3.63, 3.8) is 0 Å². The smallest absolute Gasteiger partial charge is 0.462 e. The van der Waals surface area contributed by atoms with Gasteiger partial charge in [0.1, 0.15) is 24.4 Å². The van der Waals surface area contributed by atoms with Crippen molar-refractivity contribution in [3.8, 4) is 0 Å². The van der Waals surface area contributed by atoms with Crippen molar-refractivity contribution < 1.29 is 62.8 Å². The van der Waals surface area contributed by atoms with E-state index in [2.05, 4.69) is 26.1 Å². The van der Waals surface area contributed by atoms with Gasteiger partial charge in [-0.1, -0.05) is 194 Å². The van der Waals surface area contributed by atoms with Crippen LogP contribution in [0.5, 0.6) is 0 Å². The van der Waals surface area contributed by atoms with Gasteiger partial charge in [-0.05, 0) is 25.7 Å². The second kappa shape index (κ2) is 38.5. The molecule has 14 nitrogen and oxygen atoms in total. The number of rotatable bonds is 42. The van der Waals surface area contributed by atoms with Crippen LogP contribution in [0.1, 0.15) is 239 Å². The van der Waals surface area contributed by atoms with E-state index in [1.807, 2.05) is 0 Å². The van der Waals surface area contributed by atoms with Crippen LogP contribution in [0.4, 0.5) is 0 Å². The molecule has 0 aliphatic carbocycles. The minimum atomic E-state index is -5.28. The van der Waals surface area contributed by atoms with Crippen molar-refractivity contribution in [2.75, 3.05) is 6.61 Å². The summed E-state index contributed by atoms with van der Waals surface area (Å²) in [6.07, 6.45) is 23.7. The standard InChI is InChI=1S/C48H92NO13P/c1-4-7-10-13-16-19-20-23-26-29-32-35-43(53)59-40(34-31-28-25-22-18-15-12-9-6-3)37-42(52)49-45-47(46(55)41(38-50)60-48(45)62-63(56,57)58)61-44(54)36-39(51)33-30-27-24-21-17-14-11-8-5-2/h39-41,45-48,50-51,55H,4-38H2,1-3H3,(H,49,52)(H2,56,57,58)/t39-,40-,41-,45+,46-,47-,48-/m1/s1. The number of carbonyl (C=O) groups excluding carboxylic acids is 3. The molecule has 1 aliphatic heterocycles. The molecule has 1 rings (SSSR count). The van der Waals surface area contributed by atoms with E-state index in [-0.39, 0.29) is 12.8 Å². The lowest BCUT2D eigenvalue weighted by Gasteiger charge is -2.43. The third-order valence-corrected chi connectivity index (χ3v) is 12.5. The Morgan fingerprint density at radius 2 is 1.05 bits per heavy atom. The van der Waals surface area contributed by atoms with E-state index < -0.39 is 81.5 Å². The molecule has 0 saturated carbocycles. The van der Waals surface area contributed by atoms with E-state index in [9.17, 15) is 44.1 Å². The van der Waals surface area contributed by atoms with Gasteiger partial charge in [-0.15, -0.1) is 0 Å². The summed E-state index contributed by atoms with van der Waals surface area (Å²) in [5.74, 6) is -2.04. The van der Waals surface area contributed by atoms with Crippen molar-refractivity contribution in [2.24, 2.45) is 0 Å². The molecule has 0 aromatic carbocycles. The van der Waals surface area contributed by atoms with Crippen molar-refractivity contribution in [1.82, 2.24) is 5.32 Å². The normalized spacial score (nSPS) is 20.0. The van der Waals surface area contributed by atoms with E-state index in [1.54, 1.807) is 0 Å². The number of nitrogens with one attached hydrogen (secondary N) is 1. The Morgan fingerprint density at radius 3 is 1.49 bits per heavy atom. The number of phosphoric acid groups is 1. The highest BCUT2D eigenvalue weighted by Crippen LogP contribution is 2.41. The first-order valence-corrected chi connectivity index (χ1v) is 26.9. The third-order valence-electron chi connectivity index (χ3n) is 12.1. The molecule has 1 heterocycles. The van der Waals surface area contributed by atoms with Gasteiger partial charge in [0.15, 0.2) is 12.4 Å². The van der Waals surface area contributed by atoms with Crippen LogP contribution in [0.3, 0.4) is 0 Å². The molecule has 0 unspecified atom stereocenters. The molecule has 6 N–H and O–H groups in total. The summed E-state index contributed by atoms with van der Waals surface area (Å²) in [4.78, 5) is 59.4. The fourth-order valence-electron chi connectivity index (χ4n) is 8.29. The van der Waals surface area contributed by atoms with Crippen LogP contribution < -0.4 is 5.32 Å². The molecule has 0 radical (unpaired) electrons. The van der Waals surface area contributed by atoms with Gasteiger partial charge in [0, 0.05) is 6.42 Å². The minimum Gasteiger partial charge on any atom is -0.462 e. The van der Waals surface area contributed by atoms with Gasteiger partial charge in [-0.2, -0.15) is 0 Å². The van der Waals surface area contributed by atoms with E-state index in [0.717, 1.165) is 64.2 Å². The number of phosphoric ester groups is 1. The second-order valence-electron chi connectivity index (χ2n) is 18.1. The molecule has 63 heavy (non-hydrogen) atoms. The number of hydrogen-bond acceptors (Lipinski definition) is 11. The summed E-state index contributed by atoms with van der Waals surface area (Å²) >= 11 is 0. The summed E-state index contributed by atoms with van der Waals surface area (Å²) in [5, 5.41) is 34.3. The Bertz CT molecular complexity index is 1190. The molecule has 0 aromatic heterocycles. The van der Waals surface area contributed by atoms with Crippen molar-refractivity contribution in [2.45, 2.75) is 282 Å². The first kappa shape index (κ1) is 59.4. The number of aliphatic hydroxyl groups excluding tert-OH is 3. The summed E-state index contributed by atoms with van der Waals surface area (Å²) in [6, 6.07) is -1.64. The molecule has 1 amide bonds. The van der Waals surface area contributed by atoms with Crippen LogP contribution in [0.25, 0.3) is 0 Å². The predicted octanol–water partition coefficient (Wildman–Crippen LogP) is 10.2. The van der Waals surface area contributed by atoms with Crippen LogP contribution in [0, 0.1) is 0 Å². The highest BCUT2D eigenvalue weighted by Gasteiger charge is 2.50. The molecule has 15 heteroatoms. The maximum Gasteiger partial charge on any atom is 0.472 e. The molecular weight excluding hydrogens is 829 g/mol. The fourth-order valence-corrected chi connectivity index (χ4v) is 8.74. The minimum absolute atomic E-state index is 0.222. The van der Waals surface area contributed by atoms with Gasteiger partial charge in [-0.3, -0.25) is 18.9 Å². The van der Waals surface area contributed by atoms with Gasteiger partial charge in [0.05, 0.1) is 25.6 Å². The largest absolute Gasteiger partial charge is 0.472 e. The summed E-state index contributed by atoms with van der Waals surface area (Å²) in [5.41, 5.74) is 0. The first-order chi connectivity index (χ1) is 30.3. The molecule has 372 valence electrons. The Hall–Kier alpha value is -1.64. The van der Waals surface area contributed by atoms with Crippen molar-refractivity contribution >= 4 is 25.7 Å². The topological polar surface area (TPSA) is 218 Å². The average molecular weight is 922 g/mol. The van der Waals surface area contributed by atoms with Gasteiger partial charge in [0.2, 0.25) is 5.91 Å². The predicted molar refractivity (Wildman–Crippen MR) is 247 cm³/mol. The number of esters is 2. The van der Waals surface area contributed by atoms with E-state index in [0.29, 0.717) is 32.1 Å². The summed E-state index contributed by atoms with van der Waals surface area (Å²) < 4.78 is 33.9. The van der Waals surface area contributed by atoms with Gasteiger partial charge >= 0.3 is 19.8 Å². The monoisotopic (exact) mass is 922 g/mol. The lowest BCUT2D eigenvalue weighted by Crippen LogP contribution is -2.65. The zero-order chi connectivity index (χ0) is 46.6. The van der Waals surface area contributed by atoms with Gasteiger partial charge in [-0.25, -0.2) is 4.57 Å². The van der Waals surface area contributed by atoms with Crippen LogP contribution in [-0.4, -0.2) is 92.4 Å². The molecule has 0 spiro atoms. The zero-order valence-corrected chi connectivity index (χ0v) is 40.6. The molecule has 1 fully saturated rings. The number of carbonyl (C=O) groups is 3. The SMILES string of the molecule is CCCCCCCCCCCCCC(=O)O[C@H](CCCCCCCCCCC)CC(=O)N[C@@H]1[C@@H](OP(=O)(O)O)O[C@H](CO)[C@@H](O)[C@@H]1OC(=O)C[C@H](O)CCCCCCCCCCC. The van der Waals surface area contributed by atoms with E-state index >= 15 is 0 Å². The van der Waals surface area contributed by atoms with E-state index in [1.165, 1.54) is 103 Å². The Morgan fingerprint density at radius 1 is 0.619 bits per heavy atom. The zero-order valence-electron chi connectivity index (χ0n) is 39.7. The molecule has 7 atom stereocenters. The third kappa shape index (κ3) is 31.8. The molecule has 0 aromatic rings. The number of aliphatic hydroxyl groups is 3. The van der Waals surface area contributed by atoms with Gasteiger partial charge < -0.3 is 44.6 Å². The lowest BCUT2D eigenvalue weighted by molar-refractivity contribution is -0.254. The Labute approximate surface area is 381 Å². The number of unbranched alkanes of at least 4 members (excludes halogenated alkanes) is 26. The van der Waals surface area contributed by atoms with E-state index in [4.69, 9.17) is 18.7 Å². The molecule has 0 bridgehead atoms. The van der Waals surface area contributed by atoms with Crippen molar-refractivity contribution in [3.05, 3.63) is 0 Å². The summed E-state index contributed by atoms with van der Waals surface area (Å²) in [6.45, 7) is 5.77. The van der Waals surface area contributed by atoms with Crippen LogP contribution in [-0.2, 0) is 37.7 Å². The van der Waals surface area contributed by atoms with Crippen LogP contribution in [0.2, 0.25) is 0 Å². The highest BCUT2D eigenvalue weighted by molar-refractivity contribution is 7.46. The first-order valence-electron chi connectivity index (χ1n) is 25.4. The quantitative estimate of drug-likeness (QED) is 0.0191. The summed E-state index contributed by atoms with van der Waals surface area (Å²) in [7, 11) is -5.28. The average Bonchev–Trinajstić information content (AvgIpc) is 3.23. The lowest BCUT2D eigenvalue weighted by atomic mass is 9.96. The van der Waals surface area contributed by atoms with Crippen LogP contribution >= 0.6 is 7.82 Å². The molecule has 1 saturated heterocycles. The fraction of sp³-hybridized carbons (Fsp3) is 0.938.